The predicted octanol–water partition coefficient (Wildman–Crippen LogP) is 5.00. The van der Waals surface area contributed by atoms with Crippen molar-refractivity contribution in [3.05, 3.63) is 88.6 Å². The van der Waals surface area contributed by atoms with Crippen LogP contribution in [0.2, 0.25) is 0 Å². The molecule has 1 unspecified atom stereocenters. The van der Waals surface area contributed by atoms with E-state index < -0.39 is 29.7 Å². The van der Waals surface area contributed by atoms with Gasteiger partial charge in [0.15, 0.2) is 6.61 Å². The molecule has 4 aromatic rings. The van der Waals surface area contributed by atoms with Crippen LogP contribution in [0.4, 0.5) is 5.82 Å². The number of fused-ring (bicyclic) bond motifs is 2. The average Bonchev–Trinajstić information content (AvgIpc) is 3.67. The van der Waals surface area contributed by atoms with Crippen molar-refractivity contribution in [3.8, 4) is 11.5 Å². The van der Waals surface area contributed by atoms with Gasteiger partial charge in [-0.2, -0.15) is 0 Å². The van der Waals surface area contributed by atoms with Gasteiger partial charge in [0.05, 0.1) is 28.0 Å². The Balaban J connectivity index is 0.866. The molecule has 1 atom stereocenters. The molecule has 5 amide bonds. The van der Waals surface area contributed by atoms with Gasteiger partial charge in [-0.25, -0.2) is 9.97 Å². The maximum absolute atomic E-state index is 13.2. The molecule has 52 heavy (non-hydrogen) atoms. The fraction of sp³-hybridized carbons (Fsp3) is 0.289. The van der Waals surface area contributed by atoms with Gasteiger partial charge in [-0.3, -0.25) is 34.2 Å². The summed E-state index contributed by atoms with van der Waals surface area (Å²) in [5.41, 5.74) is 2.03. The number of rotatable bonds is 16. The van der Waals surface area contributed by atoms with Crippen LogP contribution in [0.15, 0.2) is 66.9 Å². The first-order chi connectivity index (χ1) is 25.3. The Morgan fingerprint density at radius 2 is 1.85 bits per heavy atom. The summed E-state index contributed by atoms with van der Waals surface area (Å²) in [4.78, 5) is 72.3. The number of benzene rings is 2. The third kappa shape index (κ3) is 8.69. The zero-order valence-corrected chi connectivity index (χ0v) is 29.4. The number of imide groups is 2. The van der Waals surface area contributed by atoms with E-state index in [-0.39, 0.29) is 42.2 Å². The van der Waals surface area contributed by atoms with Crippen molar-refractivity contribution in [3.63, 3.8) is 0 Å². The molecule has 0 bridgehead atoms. The number of amides is 5. The zero-order chi connectivity index (χ0) is 36.5. The Kier molecular flexibility index (Phi) is 11.7. The molecule has 6 rings (SSSR count). The summed E-state index contributed by atoms with van der Waals surface area (Å²) in [6.07, 6.45) is 13.3. The van der Waals surface area contributed by atoms with Crippen LogP contribution in [-0.2, 0) is 14.4 Å². The molecule has 0 spiro atoms. The molecule has 268 valence electrons. The molecular formula is C38H38N6O7S. The molecular weight excluding hydrogens is 685 g/mol. The molecule has 2 aromatic carbocycles. The lowest BCUT2D eigenvalue weighted by Gasteiger charge is -2.27. The van der Waals surface area contributed by atoms with E-state index in [1.54, 1.807) is 17.4 Å². The fourth-order valence-electron chi connectivity index (χ4n) is 5.84. The molecule has 0 radical (unpaired) electrons. The normalized spacial score (nSPS) is 15.8. The first-order valence-corrected chi connectivity index (χ1v) is 17.9. The van der Waals surface area contributed by atoms with Crippen molar-refractivity contribution in [1.29, 1.82) is 0 Å². The van der Waals surface area contributed by atoms with Gasteiger partial charge in [-0.05, 0) is 73.4 Å². The second-order valence-corrected chi connectivity index (χ2v) is 13.2. The van der Waals surface area contributed by atoms with E-state index in [4.69, 9.17) is 9.47 Å². The molecule has 1 saturated heterocycles. The lowest BCUT2D eigenvalue weighted by molar-refractivity contribution is -0.136. The summed E-state index contributed by atoms with van der Waals surface area (Å²) in [5, 5.41) is 8.90. The summed E-state index contributed by atoms with van der Waals surface area (Å²) in [5.74, 6) is -1.11. The smallest absolute Gasteiger partial charge is 0.266 e. The number of carbonyl (C=O) groups is 5. The van der Waals surface area contributed by atoms with Crippen molar-refractivity contribution >= 4 is 69.1 Å². The van der Waals surface area contributed by atoms with Crippen molar-refractivity contribution in [2.75, 3.05) is 32.1 Å². The number of aromatic nitrogens is 2. The minimum atomic E-state index is -1.08. The van der Waals surface area contributed by atoms with Crippen molar-refractivity contribution in [1.82, 2.24) is 25.5 Å². The number of unbranched alkanes of at least 4 members (excludes halogenated alkanes) is 3. The average molecular weight is 723 g/mol. The van der Waals surface area contributed by atoms with Crippen molar-refractivity contribution in [2.45, 2.75) is 44.6 Å². The topological polar surface area (TPSA) is 169 Å². The quantitative estimate of drug-likeness (QED) is 0.0814. The summed E-state index contributed by atoms with van der Waals surface area (Å²) in [6, 6.07) is 13.3. The van der Waals surface area contributed by atoms with E-state index in [2.05, 4.69) is 25.9 Å². The summed E-state index contributed by atoms with van der Waals surface area (Å²) in [7, 11) is 1.84. The highest BCUT2D eigenvalue weighted by molar-refractivity contribution is 7.19. The highest BCUT2D eigenvalue weighted by atomic mass is 32.1. The third-order valence-electron chi connectivity index (χ3n) is 8.51. The number of nitrogens with one attached hydrogen (secondary N) is 3. The summed E-state index contributed by atoms with van der Waals surface area (Å²) >= 11 is 1.60. The standard InChI is InChI=1S/C38H38N6O7S/c1-39-31-17-13-24(22-41-31)9-4-5-12-34-42-27-15-14-25(21-30(27)52-34)50-20-7-3-2-6-19-40-33(46)23-51-29-11-8-10-26-35(29)38(49)44(37(26)48)28-16-18-32(45)43-36(28)47/h4-5,8-15,17,21-22,28H,2-3,6-7,16,18-20,23H2,1H3,(H,39,41)(H,40,46)(H,43,45,47)/b9-4+,12-5+. The van der Waals surface area contributed by atoms with Crippen LogP contribution < -0.4 is 25.4 Å². The second-order valence-electron chi connectivity index (χ2n) is 12.2. The Morgan fingerprint density at radius 1 is 1.00 bits per heavy atom. The number of pyridine rings is 1. The van der Waals surface area contributed by atoms with Gasteiger partial charge >= 0.3 is 0 Å². The van der Waals surface area contributed by atoms with Gasteiger partial charge in [-0.15, -0.1) is 11.3 Å². The summed E-state index contributed by atoms with van der Waals surface area (Å²) < 4.78 is 12.7. The highest BCUT2D eigenvalue weighted by Crippen LogP contribution is 2.33. The van der Waals surface area contributed by atoms with Crippen LogP contribution in [-0.4, -0.2) is 77.3 Å². The molecule has 2 aliphatic heterocycles. The van der Waals surface area contributed by atoms with Crippen LogP contribution in [0.25, 0.3) is 22.4 Å². The Labute approximate surface area is 304 Å². The van der Waals surface area contributed by atoms with E-state index in [0.717, 1.165) is 62.9 Å². The first-order valence-electron chi connectivity index (χ1n) is 17.1. The van der Waals surface area contributed by atoms with Gasteiger partial charge < -0.3 is 20.1 Å². The van der Waals surface area contributed by atoms with Crippen LogP contribution in [0.3, 0.4) is 0 Å². The van der Waals surface area contributed by atoms with Gasteiger partial charge in [0.2, 0.25) is 11.8 Å². The minimum absolute atomic E-state index is 0.00558. The number of piperidine rings is 1. The molecule has 0 saturated carbocycles. The van der Waals surface area contributed by atoms with Crippen LogP contribution >= 0.6 is 11.3 Å². The van der Waals surface area contributed by atoms with Crippen molar-refractivity contribution < 1.29 is 33.4 Å². The van der Waals surface area contributed by atoms with E-state index in [1.807, 2.05) is 67.9 Å². The number of anilines is 1. The zero-order valence-electron chi connectivity index (χ0n) is 28.6. The monoisotopic (exact) mass is 722 g/mol. The molecule has 1 fully saturated rings. The SMILES string of the molecule is CNc1ccc(/C=C/C=C/c2nc3ccc(OCCCCCCNC(=O)COc4cccc5c4C(=O)N(C4CCC(=O)NC4=O)C5=O)cc3s2)cn1. The first kappa shape index (κ1) is 35.9. The van der Waals surface area contributed by atoms with Crippen LogP contribution in [0.5, 0.6) is 11.5 Å². The maximum Gasteiger partial charge on any atom is 0.266 e. The number of hydrogen-bond acceptors (Lipinski definition) is 11. The van der Waals surface area contributed by atoms with Gasteiger partial charge in [-0.1, -0.05) is 37.1 Å². The van der Waals surface area contributed by atoms with E-state index in [1.165, 1.54) is 12.1 Å². The van der Waals surface area contributed by atoms with Crippen molar-refractivity contribution in [2.24, 2.45) is 0 Å². The molecule has 2 aliphatic rings. The molecule has 13 nitrogen and oxygen atoms in total. The lowest BCUT2D eigenvalue weighted by Crippen LogP contribution is -2.54. The summed E-state index contributed by atoms with van der Waals surface area (Å²) in [6.45, 7) is 0.704. The molecule has 0 aliphatic carbocycles. The Hall–Kier alpha value is -5.89. The molecule has 4 heterocycles. The largest absolute Gasteiger partial charge is 0.494 e. The molecule has 2 aromatic heterocycles. The molecule has 3 N–H and O–H groups in total. The van der Waals surface area contributed by atoms with E-state index in [0.29, 0.717) is 13.2 Å². The number of carbonyl (C=O) groups excluding carboxylic acids is 5. The van der Waals surface area contributed by atoms with Crippen LogP contribution in [0.1, 0.15) is 69.8 Å². The van der Waals surface area contributed by atoms with E-state index in [9.17, 15) is 24.0 Å². The highest BCUT2D eigenvalue weighted by Gasteiger charge is 2.46. The number of hydrogen-bond donors (Lipinski definition) is 3. The Bertz CT molecular complexity index is 2040. The number of allylic oxidation sites excluding steroid dienone is 2. The maximum atomic E-state index is 13.2. The van der Waals surface area contributed by atoms with Gasteiger partial charge in [0.25, 0.3) is 17.7 Å². The number of ether oxygens (including phenoxy) is 2. The number of nitrogens with zero attached hydrogens (tertiary/aromatic N) is 3. The predicted molar refractivity (Wildman–Crippen MR) is 197 cm³/mol. The van der Waals surface area contributed by atoms with Crippen LogP contribution in [0, 0.1) is 0 Å². The van der Waals surface area contributed by atoms with Gasteiger partial charge in [0, 0.05) is 26.2 Å². The third-order valence-corrected chi connectivity index (χ3v) is 9.49. The second kappa shape index (κ2) is 16.9. The fourth-order valence-corrected chi connectivity index (χ4v) is 6.75. The minimum Gasteiger partial charge on any atom is -0.494 e. The lowest BCUT2D eigenvalue weighted by atomic mass is 10.0. The molecule has 14 heteroatoms. The Morgan fingerprint density at radius 3 is 2.65 bits per heavy atom. The van der Waals surface area contributed by atoms with E-state index >= 15 is 0 Å². The van der Waals surface area contributed by atoms with Gasteiger partial charge in [0.1, 0.15) is 28.4 Å². The number of thiazole rings is 1.